The number of rotatable bonds is 3. The van der Waals surface area contributed by atoms with E-state index in [0.717, 1.165) is 0 Å². The van der Waals surface area contributed by atoms with Gasteiger partial charge in [-0.3, -0.25) is 4.79 Å². The van der Waals surface area contributed by atoms with Crippen molar-refractivity contribution >= 4 is 21.7 Å². The summed E-state index contributed by atoms with van der Waals surface area (Å²) in [5.41, 5.74) is 5.33. The Hall–Kier alpha value is -1.64. The smallest absolute Gasteiger partial charge is 0.242 e. The molecule has 1 aliphatic rings. The molecule has 0 bridgehead atoms. The molecule has 0 aliphatic carbocycles. The molecule has 9 heteroatoms. The van der Waals surface area contributed by atoms with Crippen LogP contribution in [0, 0.1) is 0 Å². The van der Waals surface area contributed by atoms with Crippen LogP contribution in [-0.2, 0) is 21.2 Å². The molecule has 1 aromatic heterocycles. The van der Waals surface area contributed by atoms with Crippen molar-refractivity contribution in [2.75, 3.05) is 17.2 Å². The van der Waals surface area contributed by atoms with Crippen molar-refractivity contribution in [3.05, 3.63) is 6.33 Å². The summed E-state index contributed by atoms with van der Waals surface area (Å²) in [6.45, 7) is 0.0352. The van der Waals surface area contributed by atoms with Gasteiger partial charge in [0, 0.05) is 6.04 Å². The van der Waals surface area contributed by atoms with Crippen LogP contribution in [0.3, 0.4) is 0 Å². The molecule has 2 rings (SSSR count). The molecule has 1 fully saturated rings. The quantitative estimate of drug-likeness (QED) is 0.695. The highest BCUT2D eigenvalue weighted by molar-refractivity contribution is 7.91. The summed E-state index contributed by atoms with van der Waals surface area (Å²) in [5, 5.41) is 6.58. The minimum atomic E-state index is -2.90. The fourth-order valence-electron chi connectivity index (χ4n) is 1.84. The molecule has 0 radical (unpaired) electrons. The number of nitrogens with one attached hydrogen (secondary N) is 1. The Bertz CT molecular complexity index is 524. The van der Waals surface area contributed by atoms with Crippen LogP contribution in [0.2, 0.25) is 0 Å². The number of aromatic nitrogens is 3. The number of hydrogen-bond acceptors (Lipinski definition) is 6. The van der Waals surface area contributed by atoms with Crippen LogP contribution < -0.4 is 11.1 Å². The minimum Gasteiger partial charge on any atom is -0.367 e. The van der Waals surface area contributed by atoms with E-state index in [4.69, 9.17) is 5.73 Å². The Morgan fingerprint density at radius 1 is 1.50 bits per heavy atom. The summed E-state index contributed by atoms with van der Waals surface area (Å²) in [4.78, 5) is 15.4. The first-order chi connectivity index (χ1) is 8.44. The van der Waals surface area contributed by atoms with Crippen molar-refractivity contribution in [3.8, 4) is 0 Å². The van der Waals surface area contributed by atoms with Gasteiger partial charge in [-0.15, -0.1) is 5.10 Å². The fourth-order valence-corrected chi connectivity index (χ4v) is 3.33. The molecule has 3 N–H and O–H groups in total. The van der Waals surface area contributed by atoms with Crippen LogP contribution in [-0.4, -0.2) is 46.6 Å². The van der Waals surface area contributed by atoms with Gasteiger partial charge in [0.15, 0.2) is 0 Å². The van der Waals surface area contributed by atoms with Gasteiger partial charge in [-0.25, -0.2) is 18.1 Å². The van der Waals surface area contributed by atoms with E-state index in [1.54, 1.807) is 0 Å². The number of amides is 1. The summed E-state index contributed by atoms with van der Waals surface area (Å²) in [6, 6.07) is -0.0816. The Kier molecular flexibility index (Phi) is 3.50. The first-order valence-electron chi connectivity index (χ1n) is 5.59. The second-order valence-electron chi connectivity index (χ2n) is 4.29. The average Bonchev–Trinajstić information content (AvgIpc) is 2.67. The largest absolute Gasteiger partial charge is 0.367 e. The first kappa shape index (κ1) is 12.8. The molecule has 2 heterocycles. The number of carbonyl (C=O) groups excluding carboxylic acids is 1. The van der Waals surface area contributed by atoms with Crippen LogP contribution in [0.5, 0.6) is 0 Å². The topological polar surface area (TPSA) is 120 Å². The molecule has 18 heavy (non-hydrogen) atoms. The lowest BCUT2D eigenvalue weighted by atomic mass is 10.1. The molecule has 1 aromatic rings. The second kappa shape index (κ2) is 4.92. The van der Waals surface area contributed by atoms with Crippen molar-refractivity contribution < 1.29 is 13.2 Å². The molecule has 100 valence electrons. The van der Waals surface area contributed by atoms with E-state index < -0.39 is 9.84 Å². The van der Waals surface area contributed by atoms with Crippen LogP contribution in [0.25, 0.3) is 0 Å². The summed E-state index contributed by atoms with van der Waals surface area (Å²) < 4.78 is 23.8. The van der Waals surface area contributed by atoms with E-state index in [2.05, 4.69) is 15.4 Å². The zero-order valence-electron chi connectivity index (χ0n) is 9.74. The van der Waals surface area contributed by atoms with Crippen molar-refractivity contribution in [1.82, 2.24) is 20.1 Å². The lowest BCUT2D eigenvalue weighted by Crippen LogP contribution is -2.42. The maximum absolute atomic E-state index is 11.7. The molecule has 0 aromatic carbocycles. The minimum absolute atomic E-state index is 0.0352. The molecule has 0 atom stereocenters. The molecule has 0 unspecified atom stereocenters. The normalized spacial score (nSPS) is 19.6. The standard InChI is InChI=1S/C9H15N5O3S/c10-9-11-6-14(13-9)5-8(15)12-7-1-3-18(16,17)4-2-7/h6-7H,1-5H2,(H2,10,13)(H,12,15). The third-order valence-electron chi connectivity index (χ3n) is 2.78. The fraction of sp³-hybridized carbons (Fsp3) is 0.667. The molecular formula is C9H15N5O3S. The third kappa shape index (κ3) is 3.42. The van der Waals surface area contributed by atoms with E-state index in [-0.39, 0.29) is 35.9 Å². The molecule has 1 aliphatic heterocycles. The average molecular weight is 273 g/mol. The van der Waals surface area contributed by atoms with Gasteiger partial charge in [-0.2, -0.15) is 0 Å². The molecule has 0 saturated carbocycles. The number of nitrogens with zero attached hydrogens (tertiary/aromatic N) is 3. The van der Waals surface area contributed by atoms with E-state index >= 15 is 0 Å². The Balaban J connectivity index is 1.82. The van der Waals surface area contributed by atoms with Gasteiger partial charge in [0.25, 0.3) is 0 Å². The summed E-state index contributed by atoms with van der Waals surface area (Å²) in [7, 11) is -2.90. The number of anilines is 1. The van der Waals surface area contributed by atoms with Crippen LogP contribution in [0.4, 0.5) is 5.95 Å². The van der Waals surface area contributed by atoms with Crippen LogP contribution >= 0.6 is 0 Å². The molecular weight excluding hydrogens is 258 g/mol. The maximum Gasteiger partial charge on any atom is 0.242 e. The lowest BCUT2D eigenvalue weighted by Gasteiger charge is -2.22. The van der Waals surface area contributed by atoms with Gasteiger partial charge in [-0.05, 0) is 12.8 Å². The number of hydrogen-bond donors (Lipinski definition) is 2. The van der Waals surface area contributed by atoms with E-state index in [9.17, 15) is 13.2 Å². The molecule has 8 nitrogen and oxygen atoms in total. The highest BCUT2D eigenvalue weighted by atomic mass is 32.2. The first-order valence-corrected chi connectivity index (χ1v) is 7.41. The van der Waals surface area contributed by atoms with E-state index in [0.29, 0.717) is 12.8 Å². The van der Waals surface area contributed by atoms with Crippen molar-refractivity contribution in [1.29, 1.82) is 0 Å². The third-order valence-corrected chi connectivity index (χ3v) is 4.49. The number of carbonyl (C=O) groups is 1. The van der Waals surface area contributed by atoms with Crippen molar-refractivity contribution in [3.63, 3.8) is 0 Å². The Morgan fingerprint density at radius 3 is 2.72 bits per heavy atom. The van der Waals surface area contributed by atoms with E-state index in [1.807, 2.05) is 0 Å². The number of nitrogen functional groups attached to an aromatic ring is 1. The highest BCUT2D eigenvalue weighted by Gasteiger charge is 2.24. The highest BCUT2D eigenvalue weighted by Crippen LogP contribution is 2.11. The lowest BCUT2D eigenvalue weighted by molar-refractivity contribution is -0.122. The maximum atomic E-state index is 11.7. The Labute approximate surface area is 104 Å². The Morgan fingerprint density at radius 2 is 2.17 bits per heavy atom. The summed E-state index contributed by atoms with van der Waals surface area (Å²) in [6.07, 6.45) is 2.31. The number of sulfone groups is 1. The van der Waals surface area contributed by atoms with Crippen molar-refractivity contribution in [2.24, 2.45) is 0 Å². The van der Waals surface area contributed by atoms with Gasteiger partial charge in [0.2, 0.25) is 11.9 Å². The predicted molar refractivity (Wildman–Crippen MR) is 64.3 cm³/mol. The zero-order valence-corrected chi connectivity index (χ0v) is 10.6. The molecule has 1 amide bonds. The van der Waals surface area contributed by atoms with Gasteiger partial charge >= 0.3 is 0 Å². The molecule has 1 saturated heterocycles. The van der Waals surface area contributed by atoms with Gasteiger partial charge in [-0.1, -0.05) is 0 Å². The van der Waals surface area contributed by atoms with Crippen molar-refractivity contribution in [2.45, 2.75) is 25.4 Å². The van der Waals surface area contributed by atoms with E-state index in [1.165, 1.54) is 11.0 Å². The second-order valence-corrected chi connectivity index (χ2v) is 6.60. The van der Waals surface area contributed by atoms with Crippen LogP contribution in [0.15, 0.2) is 6.33 Å². The SMILES string of the molecule is Nc1ncn(CC(=O)NC2CCS(=O)(=O)CC2)n1. The van der Waals surface area contributed by atoms with Gasteiger partial charge < -0.3 is 11.1 Å². The summed E-state index contributed by atoms with van der Waals surface area (Å²) in [5.74, 6) is 0.165. The number of nitrogens with two attached hydrogens (primary N) is 1. The van der Waals surface area contributed by atoms with Gasteiger partial charge in [0.1, 0.15) is 22.7 Å². The monoisotopic (exact) mass is 273 g/mol. The predicted octanol–water partition coefficient (Wildman–Crippen LogP) is -1.45. The van der Waals surface area contributed by atoms with Crippen LogP contribution in [0.1, 0.15) is 12.8 Å². The summed E-state index contributed by atoms with van der Waals surface area (Å²) >= 11 is 0. The zero-order chi connectivity index (χ0) is 13.2. The molecule has 0 spiro atoms. The van der Waals surface area contributed by atoms with Gasteiger partial charge in [0.05, 0.1) is 11.5 Å².